The molecule has 0 aliphatic rings. The number of hydrogen-bond acceptors (Lipinski definition) is 5. The summed E-state index contributed by atoms with van der Waals surface area (Å²) in [6.45, 7) is 3.62. The topological polar surface area (TPSA) is 68.3 Å². The number of hydrogen-bond donors (Lipinski definition) is 1. The number of amides is 1. The molecule has 0 radical (unpaired) electrons. The summed E-state index contributed by atoms with van der Waals surface area (Å²) >= 11 is 1.51. The molecular weight excluding hydrogens is 396 g/mol. The second-order valence-corrected chi connectivity index (χ2v) is 7.99. The van der Waals surface area contributed by atoms with Crippen LogP contribution in [0.1, 0.15) is 21.5 Å². The van der Waals surface area contributed by atoms with E-state index in [0.29, 0.717) is 16.8 Å². The number of ether oxygens (including phenoxy) is 1. The normalized spacial score (nSPS) is 10.7. The Bertz CT molecular complexity index is 1210. The average molecular weight is 417 g/mol. The molecule has 1 N–H and O–H groups in total. The van der Waals surface area contributed by atoms with Crippen LogP contribution in [0.3, 0.4) is 0 Å². The van der Waals surface area contributed by atoms with Crippen LogP contribution < -0.4 is 5.32 Å². The van der Waals surface area contributed by atoms with E-state index in [1.165, 1.54) is 11.3 Å². The molecule has 1 heterocycles. The summed E-state index contributed by atoms with van der Waals surface area (Å²) in [5.41, 5.74) is 4.86. The minimum atomic E-state index is -0.555. The van der Waals surface area contributed by atoms with Crippen molar-refractivity contribution in [3.05, 3.63) is 83.4 Å². The predicted molar refractivity (Wildman–Crippen MR) is 120 cm³/mol. The van der Waals surface area contributed by atoms with E-state index >= 15 is 0 Å². The van der Waals surface area contributed by atoms with Crippen molar-refractivity contribution in [2.45, 2.75) is 13.8 Å². The van der Waals surface area contributed by atoms with Crippen molar-refractivity contribution >= 4 is 39.1 Å². The fourth-order valence-electron chi connectivity index (χ4n) is 3.06. The molecule has 0 saturated heterocycles. The molecule has 1 amide bonds. The third kappa shape index (κ3) is 4.23. The SMILES string of the molecule is Cc1ccc(NC(=O)COC(=O)c2ccccc2-c2nc3ccccc3s2)cc1C. The number of nitrogens with zero attached hydrogens (tertiary/aromatic N) is 1. The summed E-state index contributed by atoms with van der Waals surface area (Å²) in [6, 6.07) is 20.6. The fraction of sp³-hybridized carbons (Fsp3) is 0.125. The quantitative estimate of drug-likeness (QED) is 0.444. The molecule has 0 atom stereocenters. The molecule has 0 saturated carbocycles. The zero-order chi connectivity index (χ0) is 21.1. The van der Waals surface area contributed by atoms with E-state index in [4.69, 9.17) is 4.74 Å². The number of aromatic nitrogens is 1. The molecular formula is C24H20N2O3S. The number of anilines is 1. The molecule has 150 valence electrons. The van der Waals surface area contributed by atoms with E-state index < -0.39 is 5.97 Å². The molecule has 4 rings (SSSR count). The fourth-order valence-corrected chi connectivity index (χ4v) is 4.07. The Hall–Kier alpha value is -3.51. The monoisotopic (exact) mass is 416 g/mol. The van der Waals surface area contributed by atoms with Gasteiger partial charge in [0.25, 0.3) is 5.91 Å². The van der Waals surface area contributed by atoms with E-state index in [-0.39, 0.29) is 12.5 Å². The maximum absolute atomic E-state index is 12.7. The molecule has 5 nitrogen and oxygen atoms in total. The van der Waals surface area contributed by atoms with Crippen LogP contribution in [-0.4, -0.2) is 23.5 Å². The highest BCUT2D eigenvalue weighted by molar-refractivity contribution is 7.21. The van der Waals surface area contributed by atoms with Crippen LogP contribution in [0.2, 0.25) is 0 Å². The van der Waals surface area contributed by atoms with E-state index in [1.54, 1.807) is 12.1 Å². The van der Waals surface area contributed by atoms with E-state index in [0.717, 1.165) is 26.4 Å². The molecule has 0 bridgehead atoms. The number of carbonyl (C=O) groups is 2. The maximum atomic E-state index is 12.7. The van der Waals surface area contributed by atoms with Crippen LogP contribution in [0.4, 0.5) is 5.69 Å². The molecule has 30 heavy (non-hydrogen) atoms. The van der Waals surface area contributed by atoms with Crippen molar-refractivity contribution in [1.82, 2.24) is 4.98 Å². The molecule has 0 aliphatic heterocycles. The lowest BCUT2D eigenvalue weighted by Gasteiger charge is -2.10. The van der Waals surface area contributed by atoms with Crippen LogP contribution in [0.25, 0.3) is 20.8 Å². The Morgan fingerprint density at radius 2 is 1.73 bits per heavy atom. The average Bonchev–Trinajstić information content (AvgIpc) is 3.19. The summed E-state index contributed by atoms with van der Waals surface area (Å²) in [6.07, 6.45) is 0. The van der Waals surface area contributed by atoms with Crippen molar-refractivity contribution in [2.24, 2.45) is 0 Å². The van der Waals surface area contributed by atoms with Crippen LogP contribution in [0, 0.1) is 13.8 Å². The number of para-hydroxylation sites is 1. The van der Waals surface area contributed by atoms with Crippen molar-refractivity contribution < 1.29 is 14.3 Å². The first kappa shape index (κ1) is 19.8. The number of thiazole rings is 1. The maximum Gasteiger partial charge on any atom is 0.339 e. The molecule has 1 aromatic heterocycles. The van der Waals surface area contributed by atoms with Gasteiger partial charge in [0.1, 0.15) is 5.01 Å². The Kier molecular flexibility index (Phi) is 5.59. The van der Waals surface area contributed by atoms with Crippen LogP contribution in [0.5, 0.6) is 0 Å². The number of aryl methyl sites for hydroxylation is 2. The highest BCUT2D eigenvalue weighted by Gasteiger charge is 2.18. The predicted octanol–water partition coefficient (Wildman–Crippen LogP) is 5.38. The molecule has 3 aromatic carbocycles. The lowest BCUT2D eigenvalue weighted by atomic mass is 10.1. The van der Waals surface area contributed by atoms with Gasteiger partial charge in [-0.15, -0.1) is 11.3 Å². The summed E-state index contributed by atoms with van der Waals surface area (Å²) < 4.78 is 6.32. The molecule has 0 fully saturated rings. The minimum Gasteiger partial charge on any atom is -0.452 e. The smallest absolute Gasteiger partial charge is 0.339 e. The molecule has 0 aliphatic carbocycles. The standard InChI is InChI=1S/C24H20N2O3S/c1-15-11-12-17(13-16(15)2)25-22(27)14-29-24(28)19-8-4-3-7-18(19)23-26-20-9-5-6-10-21(20)30-23/h3-13H,14H2,1-2H3,(H,25,27). The van der Waals surface area contributed by atoms with Crippen molar-refractivity contribution in [3.8, 4) is 10.6 Å². The van der Waals surface area contributed by atoms with Gasteiger partial charge in [0.05, 0.1) is 15.8 Å². The van der Waals surface area contributed by atoms with Gasteiger partial charge in [-0.2, -0.15) is 0 Å². The number of benzene rings is 3. The first-order chi connectivity index (χ1) is 14.5. The van der Waals surface area contributed by atoms with Gasteiger partial charge in [0.15, 0.2) is 6.61 Å². The molecule has 0 spiro atoms. The summed E-state index contributed by atoms with van der Waals surface area (Å²) in [7, 11) is 0. The highest BCUT2D eigenvalue weighted by atomic mass is 32.1. The van der Waals surface area contributed by atoms with Gasteiger partial charge in [0, 0.05) is 11.3 Å². The second kappa shape index (κ2) is 8.47. The molecule has 0 unspecified atom stereocenters. The zero-order valence-corrected chi connectivity index (χ0v) is 17.5. The van der Waals surface area contributed by atoms with E-state index in [1.807, 2.05) is 68.4 Å². The number of esters is 1. The zero-order valence-electron chi connectivity index (χ0n) is 16.6. The van der Waals surface area contributed by atoms with Crippen molar-refractivity contribution in [2.75, 3.05) is 11.9 Å². The number of nitrogens with one attached hydrogen (secondary N) is 1. The van der Waals surface area contributed by atoms with Crippen LogP contribution in [0.15, 0.2) is 66.7 Å². The van der Waals surface area contributed by atoms with Gasteiger partial charge in [-0.1, -0.05) is 36.4 Å². The van der Waals surface area contributed by atoms with Crippen LogP contribution in [-0.2, 0) is 9.53 Å². The Balaban J connectivity index is 1.47. The molecule has 6 heteroatoms. The van der Waals surface area contributed by atoms with Gasteiger partial charge in [0.2, 0.25) is 0 Å². The first-order valence-electron chi connectivity index (χ1n) is 9.50. The lowest BCUT2D eigenvalue weighted by Crippen LogP contribution is -2.21. The summed E-state index contributed by atoms with van der Waals surface area (Å²) in [5, 5.41) is 3.49. The largest absolute Gasteiger partial charge is 0.452 e. The minimum absolute atomic E-state index is 0.361. The van der Waals surface area contributed by atoms with Gasteiger partial charge in [-0.3, -0.25) is 4.79 Å². The first-order valence-corrected chi connectivity index (χ1v) is 10.3. The van der Waals surface area contributed by atoms with Gasteiger partial charge in [-0.05, 0) is 55.3 Å². The number of rotatable bonds is 5. The second-order valence-electron chi connectivity index (χ2n) is 6.96. The van der Waals surface area contributed by atoms with Crippen LogP contribution >= 0.6 is 11.3 Å². The third-order valence-electron chi connectivity index (χ3n) is 4.80. The summed E-state index contributed by atoms with van der Waals surface area (Å²) in [5.74, 6) is -0.941. The third-order valence-corrected chi connectivity index (χ3v) is 5.87. The summed E-state index contributed by atoms with van der Waals surface area (Å²) in [4.78, 5) is 29.5. The van der Waals surface area contributed by atoms with Gasteiger partial charge in [-0.25, -0.2) is 9.78 Å². The molecule has 4 aromatic rings. The Morgan fingerprint density at radius 1 is 0.967 bits per heavy atom. The highest BCUT2D eigenvalue weighted by Crippen LogP contribution is 2.32. The number of carbonyl (C=O) groups excluding carboxylic acids is 2. The van der Waals surface area contributed by atoms with Crippen molar-refractivity contribution in [1.29, 1.82) is 0 Å². The van der Waals surface area contributed by atoms with Gasteiger partial charge >= 0.3 is 5.97 Å². The Morgan fingerprint density at radius 3 is 2.53 bits per heavy atom. The number of fused-ring (bicyclic) bond motifs is 1. The van der Waals surface area contributed by atoms with Gasteiger partial charge < -0.3 is 10.1 Å². The van der Waals surface area contributed by atoms with E-state index in [9.17, 15) is 9.59 Å². The van der Waals surface area contributed by atoms with Crippen molar-refractivity contribution in [3.63, 3.8) is 0 Å². The van der Waals surface area contributed by atoms with E-state index in [2.05, 4.69) is 10.3 Å². The lowest BCUT2D eigenvalue weighted by molar-refractivity contribution is -0.119. The Labute approximate surface area is 178 Å².